The van der Waals surface area contributed by atoms with Crippen molar-refractivity contribution in [2.75, 3.05) is 0 Å². The van der Waals surface area contributed by atoms with E-state index < -0.39 is 17.7 Å². The molecule has 2 aromatic carbocycles. The molecule has 0 fully saturated rings. The number of carbonyl (C=O) groups is 1. The first-order valence-electron chi connectivity index (χ1n) is 5.80. The molecule has 0 amide bonds. The summed E-state index contributed by atoms with van der Waals surface area (Å²) in [6, 6.07) is 11.5. The van der Waals surface area contributed by atoms with Crippen LogP contribution in [0.3, 0.4) is 0 Å². The lowest BCUT2D eigenvalue weighted by atomic mass is 10.1. The molecule has 0 spiro atoms. The Bertz CT molecular complexity index is 700. The van der Waals surface area contributed by atoms with Gasteiger partial charge in [0.2, 0.25) is 0 Å². The zero-order chi connectivity index (χ0) is 15.5. The van der Waals surface area contributed by atoms with Gasteiger partial charge in [-0.3, -0.25) is 0 Å². The van der Waals surface area contributed by atoms with Gasteiger partial charge < -0.3 is 4.74 Å². The van der Waals surface area contributed by atoms with Crippen LogP contribution in [0.4, 0.5) is 13.2 Å². The van der Waals surface area contributed by atoms with E-state index >= 15 is 0 Å². The van der Waals surface area contributed by atoms with Gasteiger partial charge in [0.15, 0.2) is 0 Å². The lowest BCUT2D eigenvalue weighted by Crippen LogP contribution is -2.11. The number of nitriles is 1. The topological polar surface area (TPSA) is 50.1 Å². The summed E-state index contributed by atoms with van der Waals surface area (Å²) in [6.45, 7) is 0. The minimum atomic E-state index is -4.52. The highest BCUT2D eigenvalue weighted by Crippen LogP contribution is 2.29. The van der Waals surface area contributed by atoms with Crippen LogP contribution < -0.4 is 4.74 Å². The minimum Gasteiger partial charge on any atom is -0.423 e. The summed E-state index contributed by atoms with van der Waals surface area (Å²) < 4.78 is 42.6. The molecule has 0 bridgehead atoms. The fraction of sp³-hybridized carbons (Fsp3) is 0.0667. The van der Waals surface area contributed by atoms with Gasteiger partial charge in [-0.15, -0.1) is 0 Å². The van der Waals surface area contributed by atoms with Crippen LogP contribution in [-0.4, -0.2) is 5.97 Å². The molecule has 21 heavy (non-hydrogen) atoms. The summed E-state index contributed by atoms with van der Waals surface area (Å²) in [5.41, 5.74) is -0.736. The third-order valence-corrected chi connectivity index (χ3v) is 2.62. The first kappa shape index (κ1) is 14.6. The third kappa shape index (κ3) is 3.60. The number of nitrogens with zero attached hydrogens (tertiary/aromatic N) is 1. The van der Waals surface area contributed by atoms with Crippen molar-refractivity contribution in [2.24, 2.45) is 0 Å². The highest BCUT2D eigenvalue weighted by atomic mass is 19.4. The van der Waals surface area contributed by atoms with Gasteiger partial charge in [-0.25, -0.2) is 4.79 Å². The first-order chi connectivity index (χ1) is 9.90. The summed E-state index contributed by atoms with van der Waals surface area (Å²) in [5, 5.41) is 8.63. The van der Waals surface area contributed by atoms with Crippen molar-refractivity contribution in [3.63, 3.8) is 0 Å². The van der Waals surface area contributed by atoms with Gasteiger partial charge in [-0.2, -0.15) is 18.4 Å². The van der Waals surface area contributed by atoms with Crippen molar-refractivity contribution in [3.8, 4) is 11.8 Å². The summed E-state index contributed by atoms with van der Waals surface area (Å²) in [5.74, 6) is -0.748. The highest BCUT2D eigenvalue weighted by molar-refractivity contribution is 5.91. The molecule has 0 unspecified atom stereocenters. The number of ether oxygens (including phenoxy) is 1. The van der Waals surface area contributed by atoms with E-state index in [1.807, 2.05) is 6.07 Å². The predicted molar refractivity (Wildman–Crippen MR) is 67.6 cm³/mol. The normalized spacial score (nSPS) is 10.8. The van der Waals surface area contributed by atoms with E-state index in [1.165, 1.54) is 30.3 Å². The number of halogens is 3. The van der Waals surface area contributed by atoms with Crippen LogP contribution >= 0.6 is 0 Å². The van der Waals surface area contributed by atoms with E-state index in [2.05, 4.69) is 0 Å². The molecule has 106 valence electrons. The smallest absolute Gasteiger partial charge is 0.416 e. The Kier molecular flexibility index (Phi) is 3.94. The van der Waals surface area contributed by atoms with Crippen LogP contribution in [0.1, 0.15) is 21.5 Å². The number of benzene rings is 2. The molecule has 0 aliphatic rings. The number of alkyl halides is 3. The van der Waals surface area contributed by atoms with Crippen molar-refractivity contribution >= 4 is 5.97 Å². The minimum absolute atomic E-state index is 0.149. The van der Waals surface area contributed by atoms with Crippen molar-refractivity contribution in [1.82, 2.24) is 0 Å². The Morgan fingerprint density at radius 1 is 1.10 bits per heavy atom. The number of hydrogen-bond donors (Lipinski definition) is 0. The van der Waals surface area contributed by atoms with Crippen LogP contribution in [0.5, 0.6) is 5.75 Å². The lowest BCUT2D eigenvalue weighted by Gasteiger charge is -2.08. The second-order valence-corrected chi connectivity index (χ2v) is 4.10. The van der Waals surface area contributed by atoms with Crippen LogP contribution in [0.15, 0.2) is 48.5 Å². The maximum atomic E-state index is 12.6. The van der Waals surface area contributed by atoms with Gasteiger partial charge in [-0.05, 0) is 42.5 Å². The number of esters is 1. The molecule has 0 atom stereocenters. The maximum Gasteiger partial charge on any atom is 0.416 e. The number of rotatable bonds is 2. The molecule has 0 heterocycles. The van der Waals surface area contributed by atoms with E-state index in [1.54, 1.807) is 0 Å². The quantitative estimate of drug-likeness (QED) is 0.624. The Morgan fingerprint density at radius 3 is 2.33 bits per heavy atom. The van der Waals surface area contributed by atoms with E-state index in [4.69, 9.17) is 10.00 Å². The second kappa shape index (κ2) is 5.67. The molecule has 6 heteroatoms. The Balaban J connectivity index is 2.18. The molecule has 2 rings (SSSR count). The molecule has 0 aromatic heterocycles. The van der Waals surface area contributed by atoms with Gasteiger partial charge in [0.1, 0.15) is 5.75 Å². The first-order valence-corrected chi connectivity index (χ1v) is 5.80. The number of hydrogen-bond acceptors (Lipinski definition) is 3. The summed E-state index contributed by atoms with van der Waals surface area (Å²) in [4.78, 5) is 11.8. The summed E-state index contributed by atoms with van der Waals surface area (Å²) in [6.07, 6.45) is -4.52. The molecule has 0 N–H and O–H groups in total. The molecule has 0 radical (unpaired) electrons. The van der Waals surface area contributed by atoms with Crippen molar-refractivity contribution in [3.05, 3.63) is 65.2 Å². The summed E-state index contributed by atoms with van der Waals surface area (Å²) >= 11 is 0. The Hall–Kier alpha value is -2.81. The second-order valence-electron chi connectivity index (χ2n) is 4.10. The maximum absolute atomic E-state index is 12.6. The molecule has 0 aliphatic heterocycles. The fourth-order valence-corrected chi connectivity index (χ4v) is 1.59. The predicted octanol–water partition coefficient (Wildman–Crippen LogP) is 3.80. The molecular formula is C15H8F3NO2. The van der Waals surface area contributed by atoms with E-state index in [0.29, 0.717) is 5.56 Å². The molecule has 0 saturated heterocycles. The van der Waals surface area contributed by atoms with Crippen molar-refractivity contribution in [1.29, 1.82) is 5.26 Å². The zero-order valence-corrected chi connectivity index (χ0v) is 10.5. The molecular weight excluding hydrogens is 283 g/mol. The zero-order valence-electron chi connectivity index (χ0n) is 10.5. The average Bonchev–Trinajstić information content (AvgIpc) is 2.47. The van der Waals surface area contributed by atoms with Crippen LogP contribution in [0.2, 0.25) is 0 Å². The molecule has 2 aromatic rings. The highest BCUT2D eigenvalue weighted by Gasteiger charge is 2.31. The van der Waals surface area contributed by atoms with Gasteiger partial charge in [0.05, 0.1) is 22.8 Å². The molecule has 0 saturated carbocycles. The average molecular weight is 291 g/mol. The third-order valence-electron chi connectivity index (χ3n) is 2.62. The standard InChI is InChI=1S/C15H8F3NO2/c16-15(17,18)12-3-1-2-11(8-12)14(20)21-13-6-4-10(9-19)5-7-13/h1-8H. The molecule has 0 aliphatic carbocycles. The fourth-order valence-electron chi connectivity index (χ4n) is 1.59. The van der Waals surface area contributed by atoms with Gasteiger partial charge in [-0.1, -0.05) is 6.07 Å². The van der Waals surface area contributed by atoms with Crippen LogP contribution in [0.25, 0.3) is 0 Å². The van der Waals surface area contributed by atoms with Gasteiger partial charge in [0, 0.05) is 0 Å². The Morgan fingerprint density at radius 2 is 1.76 bits per heavy atom. The van der Waals surface area contributed by atoms with E-state index in [9.17, 15) is 18.0 Å². The van der Waals surface area contributed by atoms with Crippen molar-refractivity contribution < 1.29 is 22.7 Å². The van der Waals surface area contributed by atoms with Crippen LogP contribution in [-0.2, 0) is 6.18 Å². The van der Waals surface area contributed by atoms with E-state index in [-0.39, 0.29) is 11.3 Å². The van der Waals surface area contributed by atoms with E-state index in [0.717, 1.165) is 18.2 Å². The monoisotopic (exact) mass is 291 g/mol. The van der Waals surface area contributed by atoms with Crippen LogP contribution in [0, 0.1) is 11.3 Å². The lowest BCUT2D eigenvalue weighted by molar-refractivity contribution is -0.137. The number of carbonyl (C=O) groups excluding carboxylic acids is 1. The van der Waals surface area contributed by atoms with Gasteiger partial charge >= 0.3 is 12.1 Å². The Labute approximate surface area is 118 Å². The largest absolute Gasteiger partial charge is 0.423 e. The van der Waals surface area contributed by atoms with Gasteiger partial charge in [0.25, 0.3) is 0 Å². The molecule has 3 nitrogen and oxygen atoms in total. The van der Waals surface area contributed by atoms with Crippen molar-refractivity contribution in [2.45, 2.75) is 6.18 Å². The SMILES string of the molecule is N#Cc1ccc(OC(=O)c2cccc(C(F)(F)F)c2)cc1. The summed E-state index contributed by atoms with van der Waals surface area (Å²) in [7, 11) is 0.